The van der Waals surface area contributed by atoms with Crippen LogP contribution in [0.1, 0.15) is 22.9 Å². The monoisotopic (exact) mass is 510 g/mol. The van der Waals surface area contributed by atoms with E-state index in [4.69, 9.17) is 4.42 Å². The number of hydrogen-bond donors (Lipinski definition) is 2. The molecule has 0 bridgehead atoms. The molecule has 0 aliphatic rings. The number of aliphatic imine (C=N–C) groups is 1. The number of nitrogens with one attached hydrogen (secondary N) is 2. The molecule has 5 nitrogen and oxygen atoms in total. The summed E-state index contributed by atoms with van der Waals surface area (Å²) in [6.45, 7) is 4.95. The Bertz CT molecular complexity index is 686. The molecule has 0 spiro atoms. The molecule has 1 aromatic carbocycles. The maximum atomic E-state index is 13.2. The summed E-state index contributed by atoms with van der Waals surface area (Å²) in [5, 5.41) is 6.35. The number of hydrogen-bond acceptors (Lipinski definition) is 3. The molecule has 24 heavy (non-hydrogen) atoms. The van der Waals surface area contributed by atoms with Crippen LogP contribution in [0.2, 0.25) is 0 Å². The number of benzene rings is 1. The summed E-state index contributed by atoms with van der Waals surface area (Å²) in [6, 6.07) is 5.02. The Labute approximate surface area is 166 Å². The van der Waals surface area contributed by atoms with E-state index in [-0.39, 0.29) is 29.8 Å². The van der Waals surface area contributed by atoms with Crippen LogP contribution in [0.25, 0.3) is 0 Å². The number of aromatic nitrogens is 1. The van der Waals surface area contributed by atoms with Gasteiger partial charge in [-0.1, -0.05) is 6.07 Å². The van der Waals surface area contributed by atoms with Gasteiger partial charge in [-0.25, -0.2) is 9.37 Å². The molecular formula is C16H21BrFIN4O. The van der Waals surface area contributed by atoms with E-state index in [0.717, 1.165) is 23.4 Å². The van der Waals surface area contributed by atoms with Gasteiger partial charge in [-0.15, -0.1) is 24.0 Å². The summed E-state index contributed by atoms with van der Waals surface area (Å²) >= 11 is 3.19. The first-order valence-electron chi connectivity index (χ1n) is 7.31. The normalized spacial score (nSPS) is 11.1. The molecule has 0 fully saturated rings. The quantitative estimate of drug-likeness (QED) is 0.365. The third-order valence-electron chi connectivity index (χ3n) is 3.39. The number of nitrogens with zero attached hydrogens (tertiary/aromatic N) is 2. The average molecular weight is 511 g/mol. The fourth-order valence-corrected chi connectivity index (χ4v) is 2.44. The van der Waals surface area contributed by atoms with Crippen LogP contribution in [-0.4, -0.2) is 24.5 Å². The van der Waals surface area contributed by atoms with Crippen molar-refractivity contribution in [1.29, 1.82) is 0 Å². The van der Waals surface area contributed by atoms with Crippen molar-refractivity contribution in [1.82, 2.24) is 15.6 Å². The van der Waals surface area contributed by atoms with E-state index in [2.05, 4.69) is 36.5 Å². The Hall–Kier alpha value is -1.16. The lowest BCUT2D eigenvalue weighted by molar-refractivity contribution is 0.464. The lowest BCUT2D eigenvalue weighted by Gasteiger charge is -2.10. The zero-order valence-corrected chi connectivity index (χ0v) is 17.7. The van der Waals surface area contributed by atoms with Gasteiger partial charge in [0.05, 0.1) is 16.7 Å². The number of guanidine groups is 1. The molecule has 0 aliphatic carbocycles. The first kappa shape index (κ1) is 20.9. The van der Waals surface area contributed by atoms with Crippen molar-refractivity contribution in [3.63, 3.8) is 0 Å². The molecule has 0 radical (unpaired) electrons. The van der Waals surface area contributed by atoms with Crippen LogP contribution >= 0.6 is 39.9 Å². The van der Waals surface area contributed by atoms with Gasteiger partial charge >= 0.3 is 0 Å². The first-order chi connectivity index (χ1) is 11.0. The summed E-state index contributed by atoms with van der Waals surface area (Å²) in [6.07, 6.45) is 0.761. The Morgan fingerprint density at radius 1 is 1.33 bits per heavy atom. The maximum absolute atomic E-state index is 13.2. The van der Waals surface area contributed by atoms with E-state index >= 15 is 0 Å². The fraction of sp³-hybridized carbons (Fsp3) is 0.375. The van der Waals surface area contributed by atoms with Gasteiger partial charge in [0.25, 0.3) is 0 Å². The smallest absolute Gasteiger partial charge is 0.214 e. The minimum Gasteiger partial charge on any atom is -0.444 e. The summed E-state index contributed by atoms with van der Waals surface area (Å²) in [5.74, 6) is 1.87. The minimum atomic E-state index is -0.254. The van der Waals surface area contributed by atoms with Crippen LogP contribution in [0.15, 0.2) is 32.1 Å². The molecule has 1 aromatic heterocycles. The van der Waals surface area contributed by atoms with Crippen molar-refractivity contribution in [3.8, 4) is 0 Å². The summed E-state index contributed by atoms with van der Waals surface area (Å²) in [4.78, 5) is 8.46. The third-order valence-corrected chi connectivity index (χ3v) is 4.00. The fourth-order valence-electron chi connectivity index (χ4n) is 2.02. The standard InChI is InChI=1S/C16H20BrFN4O.HI/c1-10-11(2)23-15(22-10)9-21-16(19-3)20-7-6-12-4-5-14(18)13(17)8-12;/h4-5,8H,6-7,9H2,1-3H3,(H2,19,20,21);1H. The van der Waals surface area contributed by atoms with E-state index in [1.165, 1.54) is 6.07 Å². The largest absolute Gasteiger partial charge is 0.444 e. The molecule has 1 heterocycles. The van der Waals surface area contributed by atoms with Gasteiger partial charge in [-0.2, -0.15) is 0 Å². The molecule has 0 unspecified atom stereocenters. The Kier molecular flexibility index (Phi) is 8.68. The number of oxazole rings is 1. The first-order valence-corrected chi connectivity index (χ1v) is 8.10. The second kappa shape index (κ2) is 9.97. The Morgan fingerprint density at radius 3 is 2.67 bits per heavy atom. The average Bonchev–Trinajstić information content (AvgIpc) is 2.85. The summed E-state index contributed by atoms with van der Waals surface area (Å²) in [5.41, 5.74) is 1.94. The SMILES string of the molecule is CN=C(NCCc1ccc(F)c(Br)c1)NCc1nc(C)c(C)o1.I. The highest BCUT2D eigenvalue weighted by atomic mass is 127. The van der Waals surface area contributed by atoms with Crippen LogP contribution in [0.4, 0.5) is 4.39 Å². The zero-order chi connectivity index (χ0) is 16.8. The predicted octanol–water partition coefficient (Wildman–Crippen LogP) is 3.72. The van der Waals surface area contributed by atoms with E-state index in [0.29, 0.717) is 29.4 Å². The van der Waals surface area contributed by atoms with Gasteiger partial charge in [-0.3, -0.25) is 4.99 Å². The molecule has 2 rings (SSSR count). The van der Waals surface area contributed by atoms with E-state index < -0.39 is 0 Å². The molecule has 0 aliphatic heterocycles. The highest BCUT2D eigenvalue weighted by molar-refractivity contribution is 14.0. The van der Waals surface area contributed by atoms with Crippen LogP contribution in [0, 0.1) is 19.7 Å². The molecule has 0 amide bonds. The van der Waals surface area contributed by atoms with E-state index in [1.54, 1.807) is 19.2 Å². The van der Waals surface area contributed by atoms with Crippen LogP contribution < -0.4 is 10.6 Å². The lowest BCUT2D eigenvalue weighted by Crippen LogP contribution is -2.37. The van der Waals surface area contributed by atoms with Crippen molar-refractivity contribution in [2.24, 2.45) is 4.99 Å². The number of rotatable bonds is 5. The minimum absolute atomic E-state index is 0. The molecule has 0 atom stereocenters. The topological polar surface area (TPSA) is 62.5 Å². The Balaban J connectivity index is 0.00000288. The molecule has 2 N–H and O–H groups in total. The van der Waals surface area contributed by atoms with Crippen molar-refractivity contribution < 1.29 is 8.81 Å². The highest BCUT2D eigenvalue weighted by Gasteiger charge is 2.06. The van der Waals surface area contributed by atoms with Crippen LogP contribution in [0.5, 0.6) is 0 Å². The molecular weight excluding hydrogens is 490 g/mol. The van der Waals surface area contributed by atoms with Crippen molar-refractivity contribution in [2.75, 3.05) is 13.6 Å². The zero-order valence-electron chi connectivity index (χ0n) is 13.8. The van der Waals surface area contributed by atoms with Crippen LogP contribution in [-0.2, 0) is 13.0 Å². The van der Waals surface area contributed by atoms with Crippen molar-refractivity contribution in [2.45, 2.75) is 26.8 Å². The lowest BCUT2D eigenvalue weighted by atomic mass is 10.1. The predicted molar refractivity (Wildman–Crippen MR) is 107 cm³/mol. The molecule has 8 heteroatoms. The molecule has 2 aromatic rings. The number of halogens is 3. The van der Waals surface area contributed by atoms with Gasteiger partial charge in [0.1, 0.15) is 11.6 Å². The molecule has 132 valence electrons. The summed E-state index contributed by atoms with van der Waals surface area (Å²) in [7, 11) is 1.70. The third kappa shape index (κ3) is 6.04. The van der Waals surface area contributed by atoms with Crippen molar-refractivity contribution >= 4 is 45.9 Å². The van der Waals surface area contributed by atoms with Crippen molar-refractivity contribution in [3.05, 3.63) is 51.4 Å². The van der Waals surface area contributed by atoms with Gasteiger partial charge in [0.2, 0.25) is 5.89 Å². The Morgan fingerprint density at radius 2 is 2.08 bits per heavy atom. The van der Waals surface area contributed by atoms with Gasteiger partial charge in [0, 0.05) is 13.6 Å². The maximum Gasteiger partial charge on any atom is 0.214 e. The highest BCUT2D eigenvalue weighted by Crippen LogP contribution is 2.16. The van der Waals surface area contributed by atoms with Gasteiger partial charge < -0.3 is 15.1 Å². The molecule has 0 saturated carbocycles. The van der Waals surface area contributed by atoms with E-state index in [1.807, 2.05) is 13.8 Å². The van der Waals surface area contributed by atoms with E-state index in [9.17, 15) is 4.39 Å². The van der Waals surface area contributed by atoms with Crippen LogP contribution in [0.3, 0.4) is 0 Å². The number of aryl methyl sites for hydroxylation is 2. The van der Waals surface area contributed by atoms with Gasteiger partial charge in [-0.05, 0) is 53.9 Å². The van der Waals surface area contributed by atoms with Gasteiger partial charge in [0.15, 0.2) is 5.96 Å². The second-order valence-corrected chi connectivity index (χ2v) is 5.95. The molecule has 0 saturated heterocycles. The second-order valence-electron chi connectivity index (χ2n) is 5.10. The summed E-state index contributed by atoms with van der Waals surface area (Å²) < 4.78 is 19.2.